The van der Waals surface area contributed by atoms with E-state index in [1.807, 2.05) is 0 Å². The smallest absolute Gasteiger partial charge is 0.0789 e. The molecule has 0 amide bonds. The van der Waals surface area contributed by atoms with Gasteiger partial charge in [0.2, 0.25) is 0 Å². The average Bonchev–Trinajstić information content (AvgIpc) is 2.86. The SMILES string of the molecule is CN(C)c1ccccc1P(c1ccccc1)c1ccccc1.C[Si](C)c1ccccc1[Si](C)C.[Pt]. The van der Waals surface area contributed by atoms with E-state index in [1.54, 1.807) is 10.4 Å². The fourth-order valence-corrected chi connectivity index (χ4v) is 10.1. The van der Waals surface area contributed by atoms with Gasteiger partial charge in [-0.2, -0.15) is 0 Å². The number of benzene rings is 4. The van der Waals surface area contributed by atoms with Crippen molar-refractivity contribution in [3.05, 3.63) is 109 Å². The molecule has 1 nitrogen and oxygen atoms in total. The summed E-state index contributed by atoms with van der Waals surface area (Å²) < 4.78 is 0. The van der Waals surface area contributed by atoms with E-state index in [2.05, 4.69) is 154 Å². The fourth-order valence-electron chi connectivity index (χ4n) is 3.97. The van der Waals surface area contributed by atoms with Crippen LogP contribution in [0.4, 0.5) is 5.69 Å². The number of rotatable bonds is 6. The summed E-state index contributed by atoms with van der Waals surface area (Å²) >= 11 is 0. The predicted octanol–water partition coefficient (Wildman–Crippen LogP) is 5.12. The van der Waals surface area contributed by atoms with Gasteiger partial charge in [-0.15, -0.1) is 0 Å². The quantitative estimate of drug-likeness (QED) is 0.201. The molecule has 0 bridgehead atoms. The van der Waals surface area contributed by atoms with E-state index in [4.69, 9.17) is 0 Å². The van der Waals surface area contributed by atoms with Gasteiger partial charge < -0.3 is 4.90 Å². The summed E-state index contributed by atoms with van der Waals surface area (Å²) in [6, 6.07) is 39.3. The van der Waals surface area contributed by atoms with E-state index in [-0.39, 0.29) is 38.7 Å². The molecule has 0 heterocycles. The zero-order chi connectivity index (χ0) is 24.5. The second-order valence-corrected chi connectivity index (χ2v) is 16.2. The third-order valence-corrected chi connectivity index (χ3v) is 11.4. The van der Waals surface area contributed by atoms with Gasteiger partial charge in [0.25, 0.3) is 0 Å². The van der Waals surface area contributed by atoms with Crippen LogP contribution in [0.3, 0.4) is 0 Å². The summed E-state index contributed by atoms with van der Waals surface area (Å²) in [6.45, 7) is 9.48. The van der Waals surface area contributed by atoms with Gasteiger partial charge >= 0.3 is 0 Å². The van der Waals surface area contributed by atoms with E-state index < -0.39 is 7.92 Å². The van der Waals surface area contributed by atoms with Crippen molar-refractivity contribution in [2.24, 2.45) is 0 Å². The van der Waals surface area contributed by atoms with Crippen molar-refractivity contribution in [2.45, 2.75) is 26.2 Å². The van der Waals surface area contributed by atoms with Crippen molar-refractivity contribution in [1.82, 2.24) is 0 Å². The van der Waals surface area contributed by atoms with Crippen molar-refractivity contribution >= 4 is 57.5 Å². The first-order chi connectivity index (χ1) is 16.4. The number of anilines is 1. The zero-order valence-corrected chi connectivity index (χ0v) is 26.8. The Balaban J connectivity index is 0.000000284. The maximum absolute atomic E-state index is 2.37. The summed E-state index contributed by atoms with van der Waals surface area (Å²) in [5, 5.41) is 7.46. The zero-order valence-electron chi connectivity index (χ0n) is 21.6. The molecule has 0 saturated carbocycles. The van der Waals surface area contributed by atoms with Gasteiger partial charge in [0.1, 0.15) is 0 Å². The molecule has 35 heavy (non-hydrogen) atoms. The Bertz CT molecular complexity index is 1080. The number of nitrogens with zero attached hydrogens (tertiary/aromatic N) is 1. The Kier molecular flexibility index (Phi) is 12.4. The van der Waals surface area contributed by atoms with Crippen LogP contribution in [0.2, 0.25) is 26.2 Å². The minimum Gasteiger partial charge on any atom is -0.377 e. The number of hydrogen-bond acceptors (Lipinski definition) is 1. The molecule has 0 aromatic heterocycles. The van der Waals surface area contributed by atoms with Crippen LogP contribution in [0.5, 0.6) is 0 Å². The first-order valence-corrected chi connectivity index (χ1v) is 18.1. The van der Waals surface area contributed by atoms with Crippen molar-refractivity contribution in [3.8, 4) is 0 Å². The molecule has 4 rings (SSSR count). The van der Waals surface area contributed by atoms with E-state index >= 15 is 0 Å². The van der Waals surface area contributed by atoms with Crippen LogP contribution in [0.25, 0.3) is 0 Å². The standard InChI is InChI=1S/C20H20NP.C10H16Si2.Pt/c1-21(2)19-15-9-10-16-20(19)22(17-11-5-3-6-12-17)18-13-7-4-8-14-18;1-11(2)9-7-5-6-8-10(9)12(3)4;/h3-16H,1-2H3;5-8H,1-4H3;. The maximum atomic E-state index is 2.37. The van der Waals surface area contributed by atoms with Gasteiger partial charge in [0, 0.05) is 46.2 Å². The molecule has 0 atom stereocenters. The van der Waals surface area contributed by atoms with Crippen LogP contribution in [-0.4, -0.2) is 31.7 Å². The summed E-state index contributed by atoms with van der Waals surface area (Å²) in [6.07, 6.45) is 0. The molecule has 0 unspecified atom stereocenters. The summed E-state index contributed by atoms with van der Waals surface area (Å²) in [4.78, 5) is 2.20. The van der Waals surface area contributed by atoms with Crippen LogP contribution < -0.4 is 31.2 Å². The monoisotopic (exact) mass is 692 g/mol. The normalized spacial score (nSPS) is 10.5. The van der Waals surface area contributed by atoms with Crippen LogP contribution in [0, 0.1) is 0 Å². The van der Waals surface area contributed by atoms with Crippen molar-refractivity contribution in [2.75, 3.05) is 19.0 Å². The second kappa shape index (κ2) is 14.7. The van der Waals surface area contributed by atoms with E-state index in [0.717, 1.165) is 0 Å². The molecule has 0 aliphatic heterocycles. The molecule has 0 spiro atoms. The van der Waals surface area contributed by atoms with Gasteiger partial charge in [-0.05, 0) is 24.6 Å². The van der Waals surface area contributed by atoms with Gasteiger partial charge in [0.15, 0.2) is 0 Å². The first-order valence-electron chi connectivity index (χ1n) is 11.8. The molecule has 0 N–H and O–H groups in total. The van der Waals surface area contributed by atoms with E-state index in [9.17, 15) is 0 Å². The molecule has 5 heteroatoms. The van der Waals surface area contributed by atoms with Crippen molar-refractivity contribution in [1.29, 1.82) is 0 Å². The van der Waals surface area contributed by atoms with Crippen LogP contribution in [0.1, 0.15) is 0 Å². The van der Waals surface area contributed by atoms with E-state index in [1.165, 1.54) is 21.6 Å². The third kappa shape index (κ3) is 8.12. The topological polar surface area (TPSA) is 3.24 Å². The Morgan fingerprint density at radius 3 is 1.29 bits per heavy atom. The molecule has 184 valence electrons. The predicted molar refractivity (Wildman–Crippen MR) is 160 cm³/mol. The first kappa shape index (κ1) is 29.5. The Morgan fingerprint density at radius 1 is 0.514 bits per heavy atom. The molecule has 4 aromatic carbocycles. The molecule has 0 fully saturated rings. The molecule has 0 aliphatic rings. The van der Waals surface area contributed by atoms with Gasteiger partial charge in [-0.25, -0.2) is 0 Å². The molecular formula is C30H36NPPtSi2. The van der Waals surface area contributed by atoms with Gasteiger partial charge in [-0.3, -0.25) is 0 Å². The van der Waals surface area contributed by atoms with Gasteiger partial charge in [-0.1, -0.05) is 140 Å². The van der Waals surface area contributed by atoms with Gasteiger partial charge in [0.05, 0.1) is 17.6 Å². The molecule has 0 saturated heterocycles. The minimum absolute atomic E-state index is 0. The van der Waals surface area contributed by atoms with Crippen LogP contribution in [-0.2, 0) is 21.1 Å². The molecule has 2 radical (unpaired) electrons. The summed E-state index contributed by atoms with van der Waals surface area (Å²) in [5.41, 5.74) is 1.29. The Hall–Kier alpha value is -1.77. The second-order valence-electron chi connectivity index (χ2n) is 8.94. The summed E-state index contributed by atoms with van der Waals surface area (Å²) in [5.74, 6) is 0. The van der Waals surface area contributed by atoms with Crippen LogP contribution in [0.15, 0.2) is 109 Å². The Morgan fingerprint density at radius 2 is 0.886 bits per heavy atom. The number of para-hydroxylation sites is 1. The minimum atomic E-state index is -0.541. The van der Waals surface area contributed by atoms with E-state index in [0.29, 0.717) is 0 Å². The maximum Gasteiger partial charge on any atom is 0.0789 e. The van der Waals surface area contributed by atoms with Crippen molar-refractivity contribution < 1.29 is 21.1 Å². The fraction of sp³-hybridized carbons (Fsp3) is 0.200. The van der Waals surface area contributed by atoms with Crippen molar-refractivity contribution in [3.63, 3.8) is 0 Å². The number of hydrogen-bond donors (Lipinski definition) is 0. The molecular weight excluding hydrogens is 657 g/mol. The summed E-state index contributed by atoms with van der Waals surface area (Å²) in [7, 11) is 3.16. The molecule has 0 aliphatic carbocycles. The molecule has 4 aromatic rings. The largest absolute Gasteiger partial charge is 0.377 e. The Labute approximate surface area is 231 Å². The van der Waals surface area contributed by atoms with Crippen LogP contribution >= 0.6 is 7.92 Å². The average molecular weight is 693 g/mol. The third-order valence-electron chi connectivity index (χ3n) is 5.64.